The summed E-state index contributed by atoms with van der Waals surface area (Å²) in [5.41, 5.74) is 2.56. The van der Waals surface area contributed by atoms with Gasteiger partial charge >= 0.3 is 0 Å². The normalized spacial score (nSPS) is 23.8. The molecule has 106 valence electrons. The van der Waals surface area contributed by atoms with E-state index in [2.05, 4.69) is 49.6 Å². The van der Waals surface area contributed by atoms with Gasteiger partial charge in [-0.1, -0.05) is 45.4 Å². The van der Waals surface area contributed by atoms with Gasteiger partial charge in [0.2, 0.25) is 0 Å². The van der Waals surface area contributed by atoms with E-state index in [1.807, 2.05) is 19.3 Å². The molecule has 2 aliphatic rings. The summed E-state index contributed by atoms with van der Waals surface area (Å²) in [6.07, 6.45) is 11.6. The molecule has 0 amide bonds. The highest BCUT2D eigenvalue weighted by molar-refractivity contribution is 5.43. The Balaban J connectivity index is 0.000000550. The fraction of sp³-hybridized carbons (Fsp3) is 0.500. The van der Waals surface area contributed by atoms with Crippen molar-refractivity contribution >= 4 is 0 Å². The number of hydrogen-bond donors (Lipinski definition) is 2. The lowest BCUT2D eigenvalue weighted by atomic mass is 9.89. The summed E-state index contributed by atoms with van der Waals surface area (Å²) in [5.74, 6) is 1.47. The van der Waals surface area contributed by atoms with Crippen LogP contribution in [0.4, 0.5) is 0 Å². The van der Waals surface area contributed by atoms with Gasteiger partial charge in [-0.05, 0) is 17.8 Å². The third-order valence-electron chi connectivity index (χ3n) is 2.88. The van der Waals surface area contributed by atoms with Crippen LogP contribution in [-0.2, 0) is 4.74 Å². The van der Waals surface area contributed by atoms with Crippen molar-refractivity contribution in [3.63, 3.8) is 0 Å². The first-order chi connectivity index (χ1) is 9.24. The van der Waals surface area contributed by atoms with E-state index in [1.54, 1.807) is 0 Å². The molecular weight excluding hydrogens is 236 g/mol. The summed E-state index contributed by atoms with van der Waals surface area (Å²) in [6, 6.07) is 0. The van der Waals surface area contributed by atoms with Crippen LogP contribution in [0.2, 0.25) is 0 Å². The van der Waals surface area contributed by atoms with E-state index in [0.29, 0.717) is 12.6 Å². The minimum Gasteiger partial charge on any atom is -0.482 e. The molecule has 1 aliphatic carbocycles. The van der Waals surface area contributed by atoms with Gasteiger partial charge in [0.15, 0.2) is 0 Å². The first kappa shape index (κ1) is 15.6. The van der Waals surface area contributed by atoms with E-state index in [4.69, 9.17) is 4.74 Å². The van der Waals surface area contributed by atoms with Gasteiger partial charge in [0, 0.05) is 25.1 Å². The van der Waals surface area contributed by atoms with Gasteiger partial charge in [-0.2, -0.15) is 0 Å². The van der Waals surface area contributed by atoms with Crippen LogP contribution < -0.4 is 10.6 Å². The van der Waals surface area contributed by atoms with Gasteiger partial charge in [-0.15, -0.1) is 0 Å². The minimum atomic E-state index is 0.351. The van der Waals surface area contributed by atoms with E-state index in [9.17, 15) is 0 Å². The predicted octanol–water partition coefficient (Wildman–Crippen LogP) is 3.10. The maximum atomic E-state index is 5.67. The maximum Gasteiger partial charge on any atom is 0.139 e. The lowest BCUT2D eigenvalue weighted by Gasteiger charge is -2.28. The zero-order valence-corrected chi connectivity index (χ0v) is 12.5. The molecule has 0 spiro atoms. The number of allylic oxidation sites excluding steroid dienone is 4. The van der Waals surface area contributed by atoms with Crippen molar-refractivity contribution in [3.8, 4) is 0 Å². The number of rotatable bonds is 2. The first-order valence-corrected chi connectivity index (χ1v) is 7.03. The Morgan fingerprint density at radius 2 is 2.16 bits per heavy atom. The summed E-state index contributed by atoms with van der Waals surface area (Å²) in [7, 11) is 1.89. The van der Waals surface area contributed by atoms with Crippen molar-refractivity contribution in [2.45, 2.75) is 27.2 Å². The van der Waals surface area contributed by atoms with E-state index in [-0.39, 0.29) is 0 Å². The van der Waals surface area contributed by atoms with Gasteiger partial charge in [-0.25, -0.2) is 0 Å². The van der Waals surface area contributed by atoms with E-state index < -0.39 is 0 Å². The van der Waals surface area contributed by atoms with Gasteiger partial charge in [-0.3, -0.25) is 5.32 Å². The van der Waals surface area contributed by atoms with E-state index in [0.717, 1.165) is 12.3 Å². The quantitative estimate of drug-likeness (QED) is 0.802. The highest BCUT2D eigenvalue weighted by Crippen LogP contribution is 2.31. The highest BCUT2D eigenvalue weighted by Gasteiger charge is 2.23. The van der Waals surface area contributed by atoms with Crippen LogP contribution in [0.5, 0.6) is 0 Å². The summed E-state index contributed by atoms with van der Waals surface area (Å²) < 4.78 is 5.67. The molecule has 3 nitrogen and oxygen atoms in total. The zero-order chi connectivity index (χ0) is 14.1. The predicted molar refractivity (Wildman–Crippen MR) is 81.5 cm³/mol. The molecule has 0 aromatic rings. The molecule has 2 N–H and O–H groups in total. The van der Waals surface area contributed by atoms with Gasteiger partial charge < -0.3 is 10.1 Å². The molecule has 0 aromatic carbocycles. The van der Waals surface area contributed by atoms with Crippen molar-refractivity contribution in [3.05, 3.63) is 47.4 Å². The van der Waals surface area contributed by atoms with Crippen LogP contribution in [0.15, 0.2) is 47.4 Å². The Morgan fingerprint density at radius 1 is 1.42 bits per heavy atom. The van der Waals surface area contributed by atoms with Crippen LogP contribution in [-0.4, -0.2) is 20.3 Å². The Labute approximate surface area is 117 Å². The standard InChI is InChI=1S/C13H18N2O.C3H8/c1-10-11(4-3-7-14-2)5-6-12-8-15-9-16-13(10)12;1-3-2/h3-7,10,14-15H,8-9H2,1-2H3;3H2,1-2H3/b7-3-,11-4-;. The van der Waals surface area contributed by atoms with Crippen molar-refractivity contribution in [2.75, 3.05) is 20.3 Å². The zero-order valence-electron chi connectivity index (χ0n) is 12.5. The summed E-state index contributed by atoms with van der Waals surface area (Å²) in [6.45, 7) is 7.97. The Bertz CT molecular complexity index is 392. The van der Waals surface area contributed by atoms with Crippen LogP contribution >= 0.6 is 0 Å². The number of hydrogen-bond acceptors (Lipinski definition) is 3. The second kappa shape index (κ2) is 8.59. The SMILES string of the molecule is CCC.CN/C=C\C=C1\C=CC2=C(OCNC2)C1C. The fourth-order valence-corrected chi connectivity index (χ4v) is 1.99. The molecule has 1 aliphatic heterocycles. The Morgan fingerprint density at radius 3 is 2.84 bits per heavy atom. The Kier molecular flexibility index (Phi) is 7.04. The topological polar surface area (TPSA) is 33.3 Å². The molecule has 2 rings (SSSR count). The van der Waals surface area contributed by atoms with Crippen LogP contribution in [0.25, 0.3) is 0 Å². The molecule has 1 unspecified atom stereocenters. The molecule has 19 heavy (non-hydrogen) atoms. The molecule has 0 bridgehead atoms. The summed E-state index contributed by atoms with van der Waals surface area (Å²) in [5, 5.41) is 6.17. The molecule has 3 heteroatoms. The first-order valence-electron chi connectivity index (χ1n) is 7.03. The van der Waals surface area contributed by atoms with Crippen LogP contribution in [0, 0.1) is 5.92 Å². The van der Waals surface area contributed by atoms with E-state index in [1.165, 1.54) is 17.6 Å². The molecule has 1 heterocycles. The summed E-state index contributed by atoms with van der Waals surface area (Å²) >= 11 is 0. The third kappa shape index (κ3) is 4.60. The largest absolute Gasteiger partial charge is 0.482 e. The smallest absolute Gasteiger partial charge is 0.139 e. The fourth-order valence-electron chi connectivity index (χ4n) is 1.99. The molecule has 0 saturated carbocycles. The minimum absolute atomic E-state index is 0.351. The number of nitrogens with one attached hydrogen (secondary N) is 2. The molecular formula is C16H26N2O. The van der Waals surface area contributed by atoms with Crippen molar-refractivity contribution in [1.29, 1.82) is 0 Å². The lowest BCUT2D eigenvalue weighted by Crippen LogP contribution is -2.30. The van der Waals surface area contributed by atoms with Gasteiger partial charge in [0.25, 0.3) is 0 Å². The second-order valence-corrected chi connectivity index (χ2v) is 4.68. The molecule has 1 atom stereocenters. The monoisotopic (exact) mass is 262 g/mol. The maximum absolute atomic E-state index is 5.67. The number of ether oxygens (including phenoxy) is 1. The summed E-state index contributed by atoms with van der Waals surface area (Å²) in [4.78, 5) is 0. The lowest BCUT2D eigenvalue weighted by molar-refractivity contribution is 0.151. The molecule has 0 fully saturated rings. The van der Waals surface area contributed by atoms with Crippen molar-refractivity contribution in [2.24, 2.45) is 5.92 Å². The molecule has 0 saturated heterocycles. The van der Waals surface area contributed by atoms with Crippen LogP contribution in [0.3, 0.4) is 0 Å². The third-order valence-corrected chi connectivity index (χ3v) is 2.88. The second-order valence-electron chi connectivity index (χ2n) is 4.68. The van der Waals surface area contributed by atoms with Gasteiger partial charge in [0.05, 0.1) is 0 Å². The van der Waals surface area contributed by atoms with Crippen molar-refractivity contribution in [1.82, 2.24) is 10.6 Å². The highest BCUT2D eigenvalue weighted by atomic mass is 16.5. The molecule has 0 radical (unpaired) electrons. The van der Waals surface area contributed by atoms with E-state index >= 15 is 0 Å². The average molecular weight is 262 g/mol. The van der Waals surface area contributed by atoms with Gasteiger partial charge in [0.1, 0.15) is 12.5 Å². The van der Waals surface area contributed by atoms with Crippen molar-refractivity contribution < 1.29 is 4.74 Å². The van der Waals surface area contributed by atoms with Crippen LogP contribution in [0.1, 0.15) is 27.2 Å². The Hall–Kier alpha value is -1.48. The molecule has 0 aromatic heterocycles. The average Bonchev–Trinajstić information content (AvgIpc) is 2.43.